The van der Waals surface area contributed by atoms with Gasteiger partial charge in [0.1, 0.15) is 0 Å². The fraction of sp³-hybridized carbons (Fsp3) is 0.733. The molecule has 1 aliphatic rings. The summed E-state index contributed by atoms with van der Waals surface area (Å²) in [5, 5.41) is 7.11. The number of amides is 2. The van der Waals surface area contributed by atoms with E-state index < -0.39 is 0 Å². The third kappa shape index (κ3) is 4.46. The molecule has 6 heteroatoms. The van der Waals surface area contributed by atoms with Crippen LogP contribution in [-0.2, 0) is 4.74 Å². The number of likely N-dealkylation sites (tertiary alicyclic amines) is 1. The Morgan fingerprint density at radius 2 is 2.24 bits per heavy atom. The van der Waals surface area contributed by atoms with E-state index >= 15 is 0 Å². The fourth-order valence-electron chi connectivity index (χ4n) is 2.26. The quantitative estimate of drug-likeness (QED) is 0.908. The van der Waals surface area contributed by atoms with Crippen molar-refractivity contribution in [2.24, 2.45) is 5.92 Å². The van der Waals surface area contributed by atoms with E-state index in [4.69, 9.17) is 4.74 Å². The van der Waals surface area contributed by atoms with Gasteiger partial charge in [0.2, 0.25) is 0 Å². The largest absolute Gasteiger partial charge is 0.376 e. The topological polar surface area (TPSA) is 59.4 Å². The maximum absolute atomic E-state index is 12.2. The molecule has 1 atom stereocenters. The van der Waals surface area contributed by atoms with Gasteiger partial charge in [-0.3, -0.25) is 4.68 Å². The Morgan fingerprint density at radius 3 is 2.86 bits per heavy atom. The third-order valence-electron chi connectivity index (χ3n) is 3.48. The molecule has 2 heterocycles. The van der Waals surface area contributed by atoms with E-state index in [0.29, 0.717) is 12.5 Å². The first-order valence-corrected chi connectivity index (χ1v) is 7.67. The molecule has 0 aliphatic carbocycles. The van der Waals surface area contributed by atoms with Crippen LogP contribution in [0.25, 0.3) is 0 Å². The van der Waals surface area contributed by atoms with Gasteiger partial charge in [0.05, 0.1) is 18.0 Å². The standard InChI is InChI=1S/C15H26N4O2/c1-11(2)10-21-14-5-6-18(9-14)15(20)17-13-7-16-19(8-13)12(3)4/h7-8,11-12,14H,5-6,9-10H2,1-4H3,(H,17,20). The molecule has 1 aromatic rings. The summed E-state index contributed by atoms with van der Waals surface area (Å²) in [6, 6.07) is 0.213. The minimum atomic E-state index is -0.0750. The molecule has 0 spiro atoms. The highest BCUT2D eigenvalue weighted by molar-refractivity contribution is 5.89. The number of carbonyl (C=O) groups excluding carboxylic acids is 1. The Hall–Kier alpha value is -1.56. The smallest absolute Gasteiger partial charge is 0.322 e. The lowest BCUT2D eigenvalue weighted by atomic mass is 10.2. The van der Waals surface area contributed by atoms with Crippen molar-refractivity contribution in [1.29, 1.82) is 0 Å². The zero-order valence-electron chi connectivity index (χ0n) is 13.4. The highest BCUT2D eigenvalue weighted by Gasteiger charge is 2.27. The van der Waals surface area contributed by atoms with Crippen LogP contribution in [0.4, 0.5) is 10.5 Å². The van der Waals surface area contributed by atoms with Crippen LogP contribution in [0.2, 0.25) is 0 Å². The van der Waals surface area contributed by atoms with Crippen LogP contribution < -0.4 is 5.32 Å². The minimum Gasteiger partial charge on any atom is -0.376 e. The van der Waals surface area contributed by atoms with Crippen molar-refractivity contribution < 1.29 is 9.53 Å². The van der Waals surface area contributed by atoms with E-state index in [1.54, 1.807) is 11.1 Å². The van der Waals surface area contributed by atoms with E-state index in [1.807, 2.05) is 10.9 Å². The summed E-state index contributed by atoms with van der Waals surface area (Å²) in [5.74, 6) is 0.523. The Kier molecular flexibility index (Phi) is 5.22. The van der Waals surface area contributed by atoms with Crippen LogP contribution in [0, 0.1) is 5.92 Å². The van der Waals surface area contributed by atoms with Crippen molar-refractivity contribution in [3.05, 3.63) is 12.4 Å². The molecule has 1 saturated heterocycles. The molecule has 6 nitrogen and oxygen atoms in total. The number of nitrogens with one attached hydrogen (secondary N) is 1. The van der Waals surface area contributed by atoms with Gasteiger partial charge in [-0.25, -0.2) is 4.79 Å². The van der Waals surface area contributed by atoms with Gasteiger partial charge in [-0.05, 0) is 26.2 Å². The second kappa shape index (κ2) is 6.93. The first-order valence-electron chi connectivity index (χ1n) is 7.67. The average Bonchev–Trinajstić information content (AvgIpc) is 3.04. The second-order valence-corrected chi connectivity index (χ2v) is 6.32. The molecule has 0 aromatic carbocycles. The summed E-state index contributed by atoms with van der Waals surface area (Å²) in [7, 11) is 0. The molecule has 1 N–H and O–H groups in total. The monoisotopic (exact) mass is 294 g/mol. The summed E-state index contributed by atoms with van der Waals surface area (Å²) >= 11 is 0. The first kappa shape index (κ1) is 15.8. The predicted octanol–water partition coefficient (Wildman–Crippen LogP) is 2.74. The van der Waals surface area contributed by atoms with Gasteiger partial charge in [-0.15, -0.1) is 0 Å². The van der Waals surface area contributed by atoms with Crippen LogP contribution in [-0.4, -0.2) is 46.5 Å². The van der Waals surface area contributed by atoms with Crippen molar-refractivity contribution in [2.75, 3.05) is 25.0 Å². The molecule has 21 heavy (non-hydrogen) atoms. The lowest BCUT2D eigenvalue weighted by Crippen LogP contribution is -2.34. The SMILES string of the molecule is CC(C)COC1CCN(C(=O)Nc2cnn(C(C)C)c2)C1. The van der Waals surface area contributed by atoms with Gasteiger partial charge in [-0.1, -0.05) is 13.8 Å². The highest BCUT2D eigenvalue weighted by Crippen LogP contribution is 2.16. The molecule has 0 radical (unpaired) electrons. The van der Waals surface area contributed by atoms with E-state index in [-0.39, 0.29) is 18.2 Å². The normalized spacial score (nSPS) is 18.8. The summed E-state index contributed by atoms with van der Waals surface area (Å²) in [6.07, 6.45) is 4.61. The molecule has 2 rings (SSSR count). The predicted molar refractivity (Wildman–Crippen MR) is 82.4 cm³/mol. The van der Waals surface area contributed by atoms with Crippen LogP contribution in [0.3, 0.4) is 0 Å². The van der Waals surface area contributed by atoms with E-state index in [0.717, 1.165) is 25.3 Å². The number of nitrogens with zero attached hydrogens (tertiary/aromatic N) is 3. The van der Waals surface area contributed by atoms with Crippen molar-refractivity contribution in [2.45, 2.75) is 46.3 Å². The maximum atomic E-state index is 12.2. The minimum absolute atomic E-state index is 0.0750. The lowest BCUT2D eigenvalue weighted by Gasteiger charge is -2.17. The summed E-state index contributed by atoms with van der Waals surface area (Å²) < 4.78 is 7.62. The average molecular weight is 294 g/mol. The Labute approximate surface area is 126 Å². The van der Waals surface area contributed by atoms with Crippen molar-refractivity contribution in [1.82, 2.24) is 14.7 Å². The van der Waals surface area contributed by atoms with E-state index in [1.165, 1.54) is 0 Å². The maximum Gasteiger partial charge on any atom is 0.322 e. The summed E-state index contributed by atoms with van der Waals surface area (Å²) in [6.45, 7) is 10.5. The number of carbonyl (C=O) groups is 1. The number of anilines is 1. The van der Waals surface area contributed by atoms with Crippen LogP contribution in [0.5, 0.6) is 0 Å². The Balaban J connectivity index is 1.81. The second-order valence-electron chi connectivity index (χ2n) is 6.32. The molecular formula is C15H26N4O2. The molecule has 1 fully saturated rings. The number of ether oxygens (including phenoxy) is 1. The van der Waals surface area contributed by atoms with Crippen molar-refractivity contribution in [3.63, 3.8) is 0 Å². The van der Waals surface area contributed by atoms with E-state index in [9.17, 15) is 4.79 Å². The fourth-order valence-corrected chi connectivity index (χ4v) is 2.26. The summed E-state index contributed by atoms with van der Waals surface area (Å²) in [5.41, 5.74) is 0.736. The molecule has 118 valence electrons. The number of aromatic nitrogens is 2. The Morgan fingerprint density at radius 1 is 1.48 bits per heavy atom. The molecule has 2 amide bonds. The highest BCUT2D eigenvalue weighted by atomic mass is 16.5. The van der Waals surface area contributed by atoms with Gasteiger partial charge in [0.25, 0.3) is 0 Å². The van der Waals surface area contributed by atoms with Gasteiger partial charge >= 0.3 is 6.03 Å². The van der Waals surface area contributed by atoms with E-state index in [2.05, 4.69) is 38.1 Å². The zero-order valence-corrected chi connectivity index (χ0v) is 13.4. The Bertz CT molecular complexity index is 470. The van der Waals surface area contributed by atoms with Gasteiger partial charge < -0.3 is 15.0 Å². The molecule has 1 aliphatic heterocycles. The number of hydrogen-bond donors (Lipinski definition) is 1. The zero-order chi connectivity index (χ0) is 15.4. The first-order chi connectivity index (χ1) is 9.95. The molecule has 1 aromatic heterocycles. The number of hydrogen-bond acceptors (Lipinski definition) is 3. The van der Waals surface area contributed by atoms with Crippen LogP contribution in [0.1, 0.15) is 40.2 Å². The molecular weight excluding hydrogens is 268 g/mol. The van der Waals surface area contributed by atoms with Gasteiger partial charge in [-0.2, -0.15) is 5.10 Å². The van der Waals surface area contributed by atoms with Crippen molar-refractivity contribution in [3.8, 4) is 0 Å². The van der Waals surface area contributed by atoms with Crippen LogP contribution >= 0.6 is 0 Å². The third-order valence-corrected chi connectivity index (χ3v) is 3.48. The molecule has 0 saturated carbocycles. The van der Waals surface area contributed by atoms with Gasteiger partial charge in [0.15, 0.2) is 0 Å². The lowest BCUT2D eigenvalue weighted by molar-refractivity contribution is 0.0440. The summed E-state index contributed by atoms with van der Waals surface area (Å²) in [4.78, 5) is 14.0. The molecule has 1 unspecified atom stereocenters. The van der Waals surface area contributed by atoms with Crippen molar-refractivity contribution >= 4 is 11.7 Å². The van der Waals surface area contributed by atoms with Gasteiger partial charge in [0, 0.05) is 31.9 Å². The molecule has 0 bridgehead atoms. The number of rotatable bonds is 5. The number of urea groups is 1. The van der Waals surface area contributed by atoms with Crippen LogP contribution in [0.15, 0.2) is 12.4 Å².